The maximum Gasteiger partial charge on any atom is 0.307 e. The number of hydrogen-bond donors (Lipinski definition) is 2. The lowest BCUT2D eigenvalue weighted by Gasteiger charge is -2.45. The topological polar surface area (TPSA) is 104 Å². The maximum atomic E-state index is 14.3. The number of carboxylic acids is 1. The summed E-state index contributed by atoms with van der Waals surface area (Å²) in [6, 6.07) is 7.18. The summed E-state index contributed by atoms with van der Waals surface area (Å²) in [5.74, 6) is -1.32. The fourth-order valence-electron chi connectivity index (χ4n) is 5.75. The fourth-order valence-corrected chi connectivity index (χ4v) is 5.75. The van der Waals surface area contributed by atoms with Crippen molar-refractivity contribution in [2.45, 2.75) is 25.7 Å². The van der Waals surface area contributed by atoms with E-state index >= 15 is 0 Å². The van der Waals surface area contributed by atoms with Crippen molar-refractivity contribution in [3.05, 3.63) is 54.4 Å². The lowest BCUT2D eigenvalue weighted by Crippen LogP contribution is -2.44. The van der Waals surface area contributed by atoms with Gasteiger partial charge in [0.05, 0.1) is 17.7 Å². The number of aromatic amines is 1. The Bertz CT molecular complexity index is 1440. The van der Waals surface area contributed by atoms with Gasteiger partial charge in [-0.25, -0.2) is 23.7 Å². The number of aliphatic carboxylic acids is 1. The predicted octanol–water partition coefficient (Wildman–Crippen LogP) is 6.00. The predicted molar refractivity (Wildman–Crippen MR) is 125 cm³/mol. The number of H-pyrrole nitrogens is 1. The van der Waals surface area contributed by atoms with Gasteiger partial charge in [0.1, 0.15) is 17.3 Å². The minimum atomic E-state index is -0.779. The van der Waals surface area contributed by atoms with Crippen LogP contribution in [0.5, 0.6) is 0 Å². The van der Waals surface area contributed by atoms with E-state index < -0.39 is 23.5 Å². The molecule has 3 aliphatic rings. The molecule has 3 fully saturated rings. The van der Waals surface area contributed by atoms with Gasteiger partial charge in [-0.1, -0.05) is 0 Å². The lowest BCUT2D eigenvalue weighted by molar-refractivity contribution is -0.149. The van der Waals surface area contributed by atoms with Gasteiger partial charge in [0, 0.05) is 41.4 Å². The Labute approximate surface area is 198 Å². The molecule has 1 unspecified atom stereocenters. The molecule has 3 aliphatic carbocycles. The van der Waals surface area contributed by atoms with Crippen LogP contribution in [0.3, 0.4) is 0 Å². The molecule has 2 bridgehead atoms. The number of aromatic nitrogens is 3. The summed E-state index contributed by atoms with van der Waals surface area (Å²) in [6.07, 6.45) is 8.67. The van der Waals surface area contributed by atoms with Crippen molar-refractivity contribution in [1.82, 2.24) is 15.0 Å². The van der Waals surface area contributed by atoms with Gasteiger partial charge in [-0.15, -0.1) is 0 Å². The summed E-state index contributed by atoms with van der Waals surface area (Å²) < 4.78 is 33.7. The standard InChI is InChI=1S/C26H22F2N4O3/c27-15-8-16-18(12-30-24(16)19(28)9-15)25-31-20(21-2-1-7-35-21)10-22(32-25)29-11-17-13-3-5-14(6-4-13)23(17)26(33)34/h1-2,7-14,17,23,30H,3-6H2,(H,33,34)/b29-11-/t13?,14?,17?,23-/m1/s1. The van der Waals surface area contributed by atoms with Crippen LogP contribution in [-0.2, 0) is 4.79 Å². The van der Waals surface area contributed by atoms with Crippen LogP contribution in [0.4, 0.5) is 14.6 Å². The number of furan rings is 1. The van der Waals surface area contributed by atoms with Crippen LogP contribution >= 0.6 is 0 Å². The minimum absolute atomic E-state index is 0.154. The summed E-state index contributed by atoms with van der Waals surface area (Å²) >= 11 is 0. The number of nitrogens with zero attached hydrogens (tertiary/aromatic N) is 3. The summed E-state index contributed by atoms with van der Waals surface area (Å²) in [5.41, 5.74) is 1.03. The van der Waals surface area contributed by atoms with Gasteiger partial charge in [0.2, 0.25) is 0 Å². The normalized spacial score (nSPS) is 23.9. The number of rotatable bonds is 5. The van der Waals surface area contributed by atoms with Gasteiger partial charge in [0.15, 0.2) is 17.4 Å². The van der Waals surface area contributed by atoms with Crippen molar-refractivity contribution in [2.24, 2.45) is 28.7 Å². The highest BCUT2D eigenvalue weighted by molar-refractivity contribution is 5.94. The van der Waals surface area contributed by atoms with Crippen LogP contribution < -0.4 is 0 Å². The molecule has 4 aromatic rings. The second-order valence-electron chi connectivity index (χ2n) is 9.32. The molecule has 1 aromatic carbocycles. The number of carboxylic acid groups (broad SMARTS) is 1. The Hall–Kier alpha value is -3.88. The van der Waals surface area contributed by atoms with Crippen LogP contribution in [-0.4, -0.2) is 32.2 Å². The van der Waals surface area contributed by atoms with Crippen molar-refractivity contribution in [1.29, 1.82) is 0 Å². The zero-order valence-corrected chi connectivity index (χ0v) is 18.6. The van der Waals surface area contributed by atoms with Crippen LogP contribution in [0, 0.1) is 35.3 Å². The Kier molecular flexibility index (Phi) is 5.20. The van der Waals surface area contributed by atoms with Crippen molar-refractivity contribution < 1.29 is 23.1 Å². The van der Waals surface area contributed by atoms with Crippen LogP contribution in [0.15, 0.2) is 52.2 Å². The van der Waals surface area contributed by atoms with Gasteiger partial charge >= 0.3 is 5.97 Å². The molecule has 2 atom stereocenters. The third-order valence-corrected chi connectivity index (χ3v) is 7.38. The van der Waals surface area contributed by atoms with Crippen LogP contribution in [0.25, 0.3) is 33.7 Å². The molecule has 3 saturated carbocycles. The van der Waals surface area contributed by atoms with E-state index in [-0.39, 0.29) is 29.1 Å². The molecule has 3 aromatic heterocycles. The minimum Gasteiger partial charge on any atom is -0.481 e. The monoisotopic (exact) mass is 476 g/mol. The molecule has 7 rings (SSSR count). The number of benzene rings is 1. The smallest absolute Gasteiger partial charge is 0.307 e. The first-order chi connectivity index (χ1) is 17.0. The number of halogens is 2. The van der Waals surface area contributed by atoms with E-state index in [0.29, 0.717) is 28.2 Å². The molecule has 0 radical (unpaired) electrons. The second-order valence-corrected chi connectivity index (χ2v) is 9.32. The van der Waals surface area contributed by atoms with E-state index in [1.165, 1.54) is 18.5 Å². The third kappa shape index (κ3) is 3.80. The molecule has 7 nitrogen and oxygen atoms in total. The summed E-state index contributed by atoms with van der Waals surface area (Å²) in [4.78, 5) is 28.5. The van der Waals surface area contributed by atoms with Gasteiger partial charge < -0.3 is 14.5 Å². The highest BCUT2D eigenvalue weighted by Gasteiger charge is 2.46. The Balaban J connectivity index is 1.44. The van der Waals surface area contributed by atoms with Gasteiger partial charge in [0.25, 0.3) is 0 Å². The van der Waals surface area contributed by atoms with Gasteiger partial charge in [-0.2, -0.15) is 0 Å². The zero-order valence-electron chi connectivity index (χ0n) is 18.6. The molecule has 0 aliphatic heterocycles. The maximum absolute atomic E-state index is 14.3. The number of fused-ring (bicyclic) bond motifs is 4. The van der Waals surface area contributed by atoms with Gasteiger partial charge in [-0.05, 0) is 55.7 Å². The fraction of sp³-hybridized carbons (Fsp3) is 0.308. The molecule has 3 heterocycles. The molecular formula is C26H22F2N4O3. The van der Waals surface area contributed by atoms with Crippen molar-refractivity contribution in [3.8, 4) is 22.8 Å². The quantitative estimate of drug-likeness (QED) is 0.344. The molecule has 0 spiro atoms. The van der Waals surface area contributed by atoms with E-state index in [9.17, 15) is 18.7 Å². The molecule has 9 heteroatoms. The first-order valence-corrected chi connectivity index (χ1v) is 11.6. The van der Waals surface area contributed by atoms with Crippen molar-refractivity contribution in [3.63, 3.8) is 0 Å². The molecule has 0 amide bonds. The van der Waals surface area contributed by atoms with Crippen molar-refractivity contribution in [2.75, 3.05) is 0 Å². The summed E-state index contributed by atoms with van der Waals surface area (Å²) in [5, 5.41) is 10.2. The van der Waals surface area contributed by atoms with Crippen LogP contribution in [0.1, 0.15) is 25.7 Å². The van der Waals surface area contributed by atoms with E-state index in [4.69, 9.17) is 4.42 Å². The largest absolute Gasteiger partial charge is 0.481 e. The second kappa shape index (κ2) is 8.41. The van der Waals surface area contributed by atoms with Crippen LogP contribution in [0.2, 0.25) is 0 Å². The average molecular weight is 476 g/mol. The average Bonchev–Trinajstić information content (AvgIpc) is 3.53. The molecular weight excluding hydrogens is 454 g/mol. The SMILES string of the molecule is O=C(O)[C@@H]1C2CCC(CC2)C1/C=N\c1cc(-c2ccco2)nc(-c2c[nH]c3c(F)cc(F)cc23)n1. The zero-order chi connectivity index (χ0) is 24.1. The molecule has 0 saturated heterocycles. The first-order valence-electron chi connectivity index (χ1n) is 11.6. The van der Waals surface area contributed by atoms with E-state index in [1.807, 2.05) is 0 Å². The Morgan fingerprint density at radius 1 is 1.14 bits per heavy atom. The molecule has 2 N–H and O–H groups in total. The van der Waals surface area contributed by atoms with E-state index in [0.717, 1.165) is 31.7 Å². The van der Waals surface area contributed by atoms with Gasteiger partial charge in [-0.3, -0.25) is 4.79 Å². The highest BCUT2D eigenvalue weighted by Crippen LogP contribution is 2.48. The third-order valence-electron chi connectivity index (χ3n) is 7.38. The number of nitrogens with one attached hydrogen (secondary N) is 1. The molecule has 35 heavy (non-hydrogen) atoms. The summed E-state index contributed by atoms with van der Waals surface area (Å²) in [7, 11) is 0. The van der Waals surface area contributed by atoms with E-state index in [1.54, 1.807) is 24.4 Å². The first kappa shape index (κ1) is 21.6. The highest BCUT2D eigenvalue weighted by atomic mass is 19.1. The number of hydrogen-bond acceptors (Lipinski definition) is 5. The van der Waals surface area contributed by atoms with E-state index in [2.05, 4.69) is 19.9 Å². The number of carbonyl (C=O) groups is 1. The molecule has 178 valence electrons. The Morgan fingerprint density at radius 2 is 1.94 bits per heavy atom. The number of aliphatic imine (C=N–C) groups is 1. The summed E-state index contributed by atoms with van der Waals surface area (Å²) in [6.45, 7) is 0. The van der Waals surface area contributed by atoms with Crippen molar-refractivity contribution >= 4 is 28.9 Å². The lowest BCUT2D eigenvalue weighted by atomic mass is 9.59. The Morgan fingerprint density at radius 3 is 2.69 bits per heavy atom.